The molecule has 0 aliphatic carbocycles. The Morgan fingerprint density at radius 1 is 1.15 bits per heavy atom. The van der Waals surface area contributed by atoms with Gasteiger partial charge in [-0.25, -0.2) is 0 Å². The first-order valence-corrected chi connectivity index (χ1v) is 7.14. The van der Waals surface area contributed by atoms with Gasteiger partial charge in [0.1, 0.15) is 5.75 Å². The van der Waals surface area contributed by atoms with E-state index in [9.17, 15) is 9.90 Å². The number of aromatic hydroxyl groups is 1. The fourth-order valence-electron chi connectivity index (χ4n) is 2.95. The lowest BCUT2D eigenvalue weighted by Gasteiger charge is -2.32. The molecule has 1 aromatic rings. The molecule has 2 heterocycles. The molecule has 2 aliphatic rings. The SMILES string of the molecule is O=C(c1ccc(O)cc1)N1CC[C@@H](N2CCOCC2)C1. The molecule has 1 atom stereocenters. The lowest BCUT2D eigenvalue weighted by molar-refractivity contribution is 0.0185. The van der Waals surface area contributed by atoms with Gasteiger partial charge < -0.3 is 14.7 Å². The standard InChI is InChI=1S/C15H20N2O3/c18-14-3-1-12(2-4-14)15(19)17-6-5-13(11-17)16-7-9-20-10-8-16/h1-4,13,18H,5-11H2/t13-/m1/s1. The van der Waals surface area contributed by atoms with Crippen LogP contribution in [0.5, 0.6) is 5.75 Å². The third-order valence-corrected chi connectivity index (χ3v) is 4.13. The maximum atomic E-state index is 12.4. The Kier molecular flexibility index (Phi) is 3.89. The summed E-state index contributed by atoms with van der Waals surface area (Å²) in [4.78, 5) is 16.7. The molecule has 0 spiro atoms. The molecule has 2 aliphatic heterocycles. The highest BCUT2D eigenvalue weighted by atomic mass is 16.5. The molecule has 1 amide bonds. The number of rotatable bonds is 2. The fourth-order valence-corrected chi connectivity index (χ4v) is 2.95. The monoisotopic (exact) mass is 276 g/mol. The first-order valence-electron chi connectivity index (χ1n) is 7.14. The summed E-state index contributed by atoms with van der Waals surface area (Å²) in [6.07, 6.45) is 1.03. The molecule has 0 saturated carbocycles. The van der Waals surface area contributed by atoms with Gasteiger partial charge in [-0.2, -0.15) is 0 Å². The maximum absolute atomic E-state index is 12.4. The van der Waals surface area contributed by atoms with Crippen molar-refractivity contribution in [2.45, 2.75) is 12.5 Å². The average Bonchev–Trinajstić information content (AvgIpc) is 2.98. The van der Waals surface area contributed by atoms with Crippen molar-refractivity contribution in [1.82, 2.24) is 9.80 Å². The molecule has 2 saturated heterocycles. The van der Waals surface area contributed by atoms with Crippen molar-refractivity contribution in [3.63, 3.8) is 0 Å². The van der Waals surface area contributed by atoms with E-state index in [4.69, 9.17) is 4.74 Å². The summed E-state index contributed by atoms with van der Waals surface area (Å²) in [6, 6.07) is 6.94. The van der Waals surface area contributed by atoms with E-state index in [2.05, 4.69) is 4.90 Å². The number of carbonyl (C=O) groups is 1. The Hall–Kier alpha value is -1.59. The number of hydrogen-bond donors (Lipinski definition) is 1. The van der Waals surface area contributed by atoms with Crippen LogP contribution >= 0.6 is 0 Å². The van der Waals surface area contributed by atoms with Crippen molar-refractivity contribution in [1.29, 1.82) is 0 Å². The molecule has 3 rings (SSSR count). The summed E-state index contributed by atoms with van der Waals surface area (Å²) in [7, 11) is 0. The summed E-state index contributed by atoms with van der Waals surface area (Å²) in [5, 5.41) is 9.27. The molecule has 2 fully saturated rings. The number of phenolic OH excluding ortho intramolecular Hbond substituents is 1. The molecule has 1 N–H and O–H groups in total. The molecule has 5 heteroatoms. The topological polar surface area (TPSA) is 53.0 Å². The third kappa shape index (κ3) is 2.78. The second-order valence-electron chi connectivity index (χ2n) is 5.39. The second-order valence-corrected chi connectivity index (χ2v) is 5.39. The van der Waals surface area contributed by atoms with Gasteiger partial charge >= 0.3 is 0 Å². The highest BCUT2D eigenvalue weighted by molar-refractivity contribution is 5.94. The van der Waals surface area contributed by atoms with Crippen LogP contribution in [0.3, 0.4) is 0 Å². The number of hydrogen-bond acceptors (Lipinski definition) is 4. The lowest BCUT2D eigenvalue weighted by Crippen LogP contribution is -2.45. The number of ether oxygens (including phenoxy) is 1. The summed E-state index contributed by atoms with van der Waals surface area (Å²) >= 11 is 0. The van der Waals surface area contributed by atoms with Crippen LogP contribution in [0.4, 0.5) is 0 Å². The van der Waals surface area contributed by atoms with Crippen LogP contribution in [0.2, 0.25) is 0 Å². The minimum Gasteiger partial charge on any atom is -0.508 e. The Morgan fingerprint density at radius 2 is 1.85 bits per heavy atom. The smallest absolute Gasteiger partial charge is 0.253 e. The predicted octanol–water partition coefficient (Wildman–Crippen LogP) is 0.939. The van der Waals surface area contributed by atoms with Crippen molar-refractivity contribution in [3.05, 3.63) is 29.8 Å². The van der Waals surface area contributed by atoms with Gasteiger partial charge in [0.15, 0.2) is 0 Å². The van der Waals surface area contributed by atoms with Crippen molar-refractivity contribution in [2.75, 3.05) is 39.4 Å². The summed E-state index contributed by atoms with van der Waals surface area (Å²) in [5.41, 5.74) is 0.644. The molecule has 0 radical (unpaired) electrons. The van der Waals surface area contributed by atoms with E-state index in [1.807, 2.05) is 4.90 Å². The number of carbonyl (C=O) groups excluding carboxylic acids is 1. The molecule has 0 aromatic heterocycles. The van der Waals surface area contributed by atoms with E-state index in [0.29, 0.717) is 11.6 Å². The van der Waals surface area contributed by atoms with Crippen LogP contribution < -0.4 is 0 Å². The van der Waals surface area contributed by atoms with Gasteiger partial charge in [0, 0.05) is 37.8 Å². The zero-order chi connectivity index (χ0) is 13.9. The van der Waals surface area contributed by atoms with Crippen LogP contribution in [0.15, 0.2) is 24.3 Å². The van der Waals surface area contributed by atoms with Crippen LogP contribution in [0.1, 0.15) is 16.8 Å². The van der Waals surface area contributed by atoms with E-state index < -0.39 is 0 Å². The number of likely N-dealkylation sites (tertiary alicyclic amines) is 1. The highest BCUT2D eigenvalue weighted by Crippen LogP contribution is 2.20. The Labute approximate surface area is 118 Å². The number of amides is 1. The van der Waals surface area contributed by atoms with E-state index in [1.54, 1.807) is 24.3 Å². The Balaban J connectivity index is 1.61. The van der Waals surface area contributed by atoms with E-state index in [0.717, 1.165) is 45.8 Å². The van der Waals surface area contributed by atoms with Gasteiger partial charge in [-0.05, 0) is 30.7 Å². The maximum Gasteiger partial charge on any atom is 0.253 e. The van der Waals surface area contributed by atoms with E-state index in [-0.39, 0.29) is 11.7 Å². The molecule has 1 aromatic carbocycles. The van der Waals surface area contributed by atoms with Gasteiger partial charge in [0.25, 0.3) is 5.91 Å². The Morgan fingerprint density at radius 3 is 2.55 bits per heavy atom. The summed E-state index contributed by atoms with van der Waals surface area (Å²) in [5.74, 6) is 0.245. The molecule has 5 nitrogen and oxygen atoms in total. The fraction of sp³-hybridized carbons (Fsp3) is 0.533. The lowest BCUT2D eigenvalue weighted by atomic mass is 10.2. The van der Waals surface area contributed by atoms with Crippen molar-refractivity contribution >= 4 is 5.91 Å². The van der Waals surface area contributed by atoms with Gasteiger partial charge in [-0.1, -0.05) is 0 Å². The van der Waals surface area contributed by atoms with Gasteiger partial charge in [-0.3, -0.25) is 9.69 Å². The van der Waals surface area contributed by atoms with Crippen molar-refractivity contribution in [2.24, 2.45) is 0 Å². The van der Waals surface area contributed by atoms with Crippen molar-refractivity contribution < 1.29 is 14.6 Å². The number of phenols is 1. The largest absolute Gasteiger partial charge is 0.508 e. The molecule has 20 heavy (non-hydrogen) atoms. The van der Waals surface area contributed by atoms with Crippen LogP contribution in [-0.2, 0) is 4.74 Å². The number of morpholine rings is 1. The number of nitrogens with zero attached hydrogens (tertiary/aromatic N) is 2. The minimum absolute atomic E-state index is 0.0563. The van der Waals surface area contributed by atoms with Crippen LogP contribution in [0, 0.1) is 0 Å². The average molecular weight is 276 g/mol. The quantitative estimate of drug-likeness (QED) is 0.873. The molecule has 0 unspecified atom stereocenters. The summed E-state index contributed by atoms with van der Waals surface area (Å²) < 4.78 is 5.37. The second kappa shape index (κ2) is 5.81. The molecular weight excluding hydrogens is 256 g/mol. The zero-order valence-corrected chi connectivity index (χ0v) is 11.5. The predicted molar refractivity (Wildman–Crippen MR) is 74.8 cm³/mol. The zero-order valence-electron chi connectivity index (χ0n) is 11.5. The van der Waals surface area contributed by atoms with Gasteiger partial charge in [0.05, 0.1) is 13.2 Å². The van der Waals surface area contributed by atoms with Crippen LogP contribution in [0.25, 0.3) is 0 Å². The first kappa shape index (κ1) is 13.4. The number of benzene rings is 1. The summed E-state index contributed by atoms with van der Waals surface area (Å²) in [6.45, 7) is 5.12. The normalized spacial score (nSPS) is 24.0. The van der Waals surface area contributed by atoms with Crippen molar-refractivity contribution in [3.8, 4) is 5.75 Å². The van der Waals surface area contributed by atoms with E-state index in [1.165, 1.54) is 0 Å². The first-order chi connectivity index (χ1) is 9.74. The molecular formula is C15H20N2O3. The van der Waals surface area contributed by atoms with E-state index >= 15 is 0 Å². The molecule has 0 bridgehead atoms. The Bertz CT molecular complexity index is 469. The molecule has 108 valence electrons. The third-order valence-electron chi connectivity index (χ3n) is 4.13. The van der Waals surface area contributed by atoms with Gasteiger partial charge in [-0.15, -0.1) is 0 Å². The van der Waals surface area contributed by atoms with Gasteiger partial charge in [0.2, 0.25) is 0 Å². The highest BCUT2D eigenvalue weighted by Gasteiger charge is 2.31. The van der Waals surface area contributed by atoms with Crippen LogP contribution in [-0.4, -0.2) is 66.2 Å². The minimum atomic E-state index is 0.0563.